The number of rotatable bonds is 9. The molecule has 0 radical (unpaired) electrons. The maximum Gasteiger partial charge on any atom is 0.269 e. The molecule has 0 saturated carbocycles. The van der Waals surface area contributed by atoms with Gasteiger partial charge in [-0.15, -0.1) is 0 Å². The summed E-state index contributed by atoms with van der Waals surface area (Å²) in [5.74, 6) is -0.383. The van der Waals surface area contributed by atoms with E-state index in [-0.39, 0.29) is 36.2 Å². The highest BCUT2D eigenvalue weighted by atomic mass is 16.6. The van der Waals surface area contributed by atoms with E-state index in [2.05, 4.69) is 15.6 Å². The number of aryl methyl sites for hydroxylation is 1. The molecule has 9 heteroatoms. The van der Waals surface area contributed by atoms with Crippen LogP contribution in [0.25, 0.3) is 10.8 Å². The second kappa shape index (κ2) is 11.0. The largest absolute Gasteiger partial charge is 0.396 e. The number of anilines is 1. The zero-order valence-electron chi connectivity index (χ0n) is 20.5. The molecule has 0 spiro atoms. The van der Waals surface area contributed by atoms with Gasteiger partial charge in [-0.05, 0) is 52.8 Å². The Bertz CT molecular complexity index is 1510. The number of hydrogen-bond acceptors (Lipinski definition) is 6. The number of nitrogens with one attached hydrogen (secondary N) is 3. The third-order valence-corrected chi connectivity index (χ3v) is 6.37. The van der Waals surface area contributed by atoms with Gasteiger partial charge in [-0.1, -0.05) is 43.3 Å². The predicted molar refractivity (Wildman–Crippen MR) is 143 cm³/mol. The number of aliphatic hydroxyl groups is 1. The van der Waals surface area contributed by atoms with Crippen molar-refractivity contribution in [1.29, 1.82) is 0 Å². The molecule has 1 heterocycles. The molecule has 4 rings (SSSR count). The highest BCUT2D eigenvalue weighted by molar-refractivity contribution is 5.89. The average molecular weight is 501 g/mol. The van der Waals surface area contributed by atoms with E-state index < -0.39 is 11.0 Å². The lowest BCUT2D eigenvalue weighted by Gasteiger charge is -2.22. The quantitative estimate of drug-likeness (QED) is 0.200. The molecule has 3 aromatic carbocycles. The third-order valence-electron chi connectivity index (χ3n) is 6.37. The Morgan fingerprint density at radius 3 is 2.65 bits per heavy atom. The molecule has 0 bridgehead atoms. The fourth-order valence-electron chi connectivity index (χ4n) is 4.34. The maximum absolute atomic E-state index is 13.4. The van der Waals surface area contributed by atoms with E-state index in [0.29, 0.717) is 22.2 Å². The number of hydrogen-bond donors (Lipinski definition) is 4. The van der Waals surface area contributed by atoms with E-state index in [4.69, 9.17) is 0 Å². The van der Waals surface area contributed by atoms with Crippen molar-refractivity contribution in [2.24, 2.45) is 0 Å². The number of benzene rings is 3. The molecule has 190 valence electrons. The molecule has 2 unspecified atom stereocenters. The Hall–Kier alpha value is -4.50. The van der Waals surface area contributed by atoms with Crippen LogP contribution in [0.2, 0.25) is 0 Å². The number of aliphatic hydroxyl groups excluding tert-OH is 1. The maximum atomic E-state index is 13.4. The molecule has 0 fully saturated rings. The molecular formula is C28H28N4O5. The van der Waals surface area contributed by atoms with Gasteiger partial charge in [0.25, 0.3) is 11.2 Å². The van der Waals surface area contributed by atoms with Gasteiger partial charge in [0.15, 0.2) is 0 Å². The zero-order chi connectivity index (χ0) is 26.5. The number of nitrogens with zero attached hydrogens (tertiary/aromatic N) is 1. The Morgan fingerprint density at radius 1 is 1.11 bits per heavy atom. The molecule has 0 aliphatic heterocycles. The van der Waals surface area contributed by atoms with Gasteiger partial charge < -0.3 is 20.7 Å². The first-order chi connectivity index (χ1) is 17.8. The van der Waals surface area contributed by atoms with Gasteiger partial charge in [0, 0.05) is 48.5 Å². The number of aromatic nitrogens is 1. The summed E-state index contributed by atoms with van der Waals surface area (Å²) in [7, 11) is 0. The second-order valence-corrected chi connectivity index (χ2v) is 9.03. The fraction of sp³-hybridized carbons (Fsp3) is 0.214. The van der Waals surface area contributed by atoms with Crippen LogP contribution in [0.5, 0.6) is 0 Å². The summed E-state index contributed by atoms with van der Waals surface area (Å²) in [5, 5.41) is 28.1. The Kier molecular flexibility index (Phi) is 7.64. The molecule has 9 nitrogen and oxygen atoms in total. The van der Waals surface area contributed by atoms with Gasteiger partial charge in [-0.25, -0.2) is 0 Å². The number of carbonyl (C=O) groups excluding carboxylic acids is 1. The lowest BCUT2D eigenvalue weighted by molar-refractivity contribution is -0.384. The first-order valence-corrected chi connectivity index (χ1v) is 11.9. The summed E-state index contributed by atoms with van der Waals surface area (Å²) in [6, 6.07) is 18.1. The van der Waals surface area contributed by atoms with Gasteiger partial charge in [0.1, 0.15) is 6.04 Å². The summed E-state index contributed by atoms with van der Waals surface area (Å²) in [6.07, 6.45) is 1.58. The summed E-state index contributed by atoms with van der Waals surface area (Å²) < 4.78 is 0. The highest BCUT2D eigenvalue weighted by Crippen LogP contribution is 2.27. The Morgan fingerprint density at radius 2 is 1.92 bits per heavy atom. The first kappa shape index (κ1) is 25.6. The van der Waals surface area contributed by atoms with Crippen molar-refractivity contribution in [3.63, 3.8) is 0 Å². The van der Waals surface area contributed by atoms with Crippen LogP contribution in [0.4, 0.5) is 11.4 Å². The van der Waals surface area contributed by atoms with Crippen LogP contribution in [0, 0.1) is 17.0 Å². The van der Waals surface area contributed by atoms with Crippen LogP contribution < -0.4 is 16.2 Å². The lowest BCUT2D eigenvalue weighted by Crippen LogP contribution is -2.33. The number of aromatic amines is 1. The first-order valence-electron chi connectivity index (χ1n) is 11.9. The average Bonchev–Trinajstić information content (AvgIpc) is 2.90. The highest BCUT2D eigenvalue weighted by Gasteiger charge is 2.22. The van der Waals surface area contributed by atoms with Gasteiger partial charge in [0.2, 0.25) is 5.91 Å². The number of amides is 1. The van der Waals surface area contributed by atoms with E-state index in [0.717, 1.165) is 16.5 Å². The molecule has 4 aromatic rings. The van der Waals surface area contributed by atoms with Crippen molar-refractivity contribution in [3.05, 3.63) is 116 Å². The van der Waals surface area contributed by atoms with Crippen LogP contribution in [0.1, 0.15) is 41.1 Å². The zero-order valence-corrected chi connectivity index (χ0v) is 20.5. The van der Waals surface area contributed by atoms with Crippen molar-refractivity contribution in [2.75, 3.05) is 11.9 Å². The summed E-state index contributed by atoms with van der Waals surface area (Å²) in [5.41, 5.74) is 3.53. The molecule has 4 N–H and O–H groups in total. The van der Waals surface area contributed by atoms with E-state index in [1.165, 1.54) is 12.1 Å². The van der Waals surface area contributed by atoms with Crippen LogP contribution in [0.3, 0.4) is 0 Å². The topological polar surface area (TPSA) is 137 Å². The SMILES string of the molecule is Cc1cc(C(Nc2ccc3cc[nH]c(=O)c3c2)C(=O)NCc2cccc([N+](=O)[O-])c2)ccc1C(C)CO. The van der Waals surface area contributed by atoms with Crippen molar-refractivity contribution < 1.29 is 14.8 Å². The smallest absolute Gasteiger partial charge is 0.269 e. The van der Waals surface area contributed by atoms with E-state index in [1.54, 1.807) is 36.5 Å². The summed E-state index contributed by atoms with van der Waals surface area (Å²) >= 11 is 0. The van der Waals surface area contributed by atoms with Crippen molar-refractivity contribution in [1.82, 2.24) is 10.3 Å². The molecule has 0 aliphatic rings. The van der Waals surface area contributed by atoms with Gasteiger partial charge in [0.05, 0.1) is 4.92 Å². The minimum atomic E-state index is -0.809. The van der Waals surface area contributed by atoms with Crippen LogP contribution in [-0.4, -0.2) is 27.5 Å². The summed E-state index contributed by atoms with van der Waals surface area (Å²) in [6.45, 7) is 3.97. The van der Waals surface area contributed by atoms with Gasteiger partial charge in [-0.3, -0.25) is 19.7 Å². The monoisotopic (exact) mass is 500 g/mol. The van der Waals surface area contributed by atoms with Crippen LogP contribution in [0.15, 0.2) is 77.7 Å². The van der Waals surface area contributed by atoms with Crippen molar-refractivity contribution in [3.8, 4) is 0 Å². The van der Waals surface area contributed by atoms with Gasteiger partial charge >= 0.3 is 0 Å². The number of non-ortho nitro benzene ring substituents is 1. The van der Waals surface area contributed by atoms with Crippen molar-refractivity contribution >= 4 is 28.1 Å². The number of H-pyrrole nitrogens is 1. The number of nitro groups is 1. The molecule has 2 atom stereocenters. The van der Waals surface area contributed by atoms with Crippen molar-refractivity contribution in [2.45, 2.75) is 32.4 Å². The standard InChI is InChI=1S/C28H28N4O5/c1-17-12-21(7-9-24(17)18(2)16-33)26(28(35)30-15-19-4-3-5-23(13-19)32(36)37)31-22-8-6-20-10-11-29-27(34)25(20)14-22/h3-14,18,26,31,33H,15-16H2,1-2H3,(H,29,34)(H,30,35). The molecule has 0 saturated heterocycles. The van der Waals surface area contributed by atoms with E-state index in [1.807, 2.05) is 38.1 Å². The second-order valence-electron chi connectivity index (χ2n) is 9.03. The molecule has 0 aliphatic carbocycles. The number of fused-ring (bicyclic) bond motifs is 1. The number of pyridine rings is 1. The van der Waals surface area contributed by atoms with Crippen LogP contribution >= 0.6 is 0 Å². The predicted octanol–water partition coefficient (Wildman–Crippen LogP) is 4.31. The Balaban J connectivity index is 1.65. The summed E-state index contributed by atoms with van der Waals surface area (Å²) in [4.78, 5) is 39.0. The minimum absolute atomic E-state index is 0.0111. The molecule has 1 aromatic heterocycles. The van der Waals surface area contributed by atoms with E-state index in [9.17, 15) is 24.8 Å². The normalized spacial score (nSPS) is 12.6. The number of carbonyl (C=O) groups is 1. The lowest BCUT2D eigenvalue weighted by atomic mass is 9.93. The fourth-order valence-corrected chi connectivity index (χ4v) is 4.34. The minimum Gasteiger partial charge on any atom is -0.396 e. The Labute approximate surface area is 213 Å². The van der Waals surface area contributed by atoms with Crippen LogP contribution in [-0.2, 0) is 11.3 Å². The molecule has 1 amide bonds. The molecular weight excluding hydrogens is 472 g/mol. The van der Waals surface area contributed by atoms with Gasteiger partial charge in [-0.2, -0.15) is 0 Å². The number of nitro benzene ring substituents is 1. The van der Waals surface area contributed by atoms with E-state index >= 15 is 0 Å². The third kappa shape index (κ3) is 5.84. The molecule has 37 heavy (non-hydrogen) atoms.